The Morgan fingerprint density at radius 1 is 1.31 bits per heavy atom. The Bertz CT molecular complexity index is 517. The van der Waals surface area contributed by atoms with E-state index in [-0.39, 0.29) is 0 Å². The van der Waals surface area contributed by atoms with Crippen molar-refractivity contribution in [2.75, 3.05) is 6.54 Å². The lowest BCUT2D eigenvalue weighted by Gasteiger charge is -2.11. The molecule has 2 unspecified atom stereocenters. The van der Waals surface area contributed by atoms with Crippen LogP contribution < -0.4 is 5.32 Å². The molecule has 0 aromatic carbocycles. The van der Waals surface area contributed by atoms with Crippen molar-refractivity contribution in [3.05, 3.63) is 23.7 Å². The van der Waals surface area contributed by atoms with E-state index in [9.17, 15) is 0 Å². The molecule has 84 valence electrons. The number of imidazole rings is 1. The van der Waals surface area contributed by atoms with Gasteiger partial charge in [0.25, 0.3) is 0 Å². The number of hydrogen-bond donors (Lipinski definition) is 2. The molecule has 2 aromatic rings. The highest BCUT2D eigenvalue weighted by Gasteiger charge is 2.26. The van der Waals surface area contributed by atoms with Crippen LogP contribution in [-0.4, -0.2) is 21.5 Å². The third-order valence-corrected chi connectivity index (χ3v) is 3.33. The van der Waals surface area contributed by atoms with Crippen LogP contribution in [0.3, 0.4) is 0 Å². The molecular formula is C12H16N4. The summed E-state index contributed by atoms with van der Waals surface area (Å²) in [5, 5.41) is 3.48. The van der Waals surface area contributed by atoms with Crippen molar-refractivity contribution in [1.29, 1.82) is 0 Å². The highest BCUT2D eigenvalue weighted by atomic mass is 15.1. The fourth-order valence-electron chi connectivity index (χ4n) is 2.35. The number of H-pyrrole nitrogens is 1. The minimum absolute atomic E-state index is 0.356. The van der Waals surface area contributed by atoms with Gasteiger partial charge >= 0.3 is 0 Å². The minimum atomic E-state index is 0.356. The Morgan fingerprint density at radius 2 is 2.19 bits per heavy atom. The average Bonchev–Trinajstić information content (AvgIpc) is 2.82. The van der Waals surface area contributed by atoms with Gasteiger partial charge in [-0.2, -0.15) is 0 Å². The van der Waals surface area contributed by atoms with Crippen LogP contribution in [0.5, 0.6) is 0 Å². The molecule has 0 bridgehead atoms. The fourth-order valence-corrected chi connectivity index (χ4v) is 2.35. The molecule has 0 amide bonds. The molecule has 4 nitrogen and oxygen atoms in total. The first kappa shape index (κ1) is 9.78. The van der Waals surface area contributed by atoms with E-state index in [1.807, 2.05) is 19.1 Å². The predicted octanol–water partition coefficient (Wildman–Crippen LogP) is 1.94. The van der Waals surface area contributed by atoms with Gasteiger partial charge in [0.1, 0.15) is 5.82 Å². The van der Waals surface area contributed by atoms with Crippen LogP contribution in [0.2, 0.25) is 0 Å². The van der Waals surface area contributed by atoms with Crippen molar-refractivity contribution >= 4 is 11.2 Å². The summed E-state index contributed by atoms with van der Waals surface area (Å²) in [6.45, 7) is 5.33. The Hall–Kier alpha value is -1.42. The van der Waals surface area contributed by atoms with E-state index in [1.165, 1.54) is 6.42 Å². The summed E-state index contributed by atoms with van der Waals surface area (Å²) in [6, 6.07) is 4.42. The molecule has 1 aliphatic rings. The van der Waals surface area contributed by atoms with Gasteiger partial charge in [0, 0.05) is 5.69 Å². The predicted molar refractivity (Wildman–Crippen MR) is 63.2 cm³/mol. The van der Waals surface area contributed by atoms with Gasteiger partial charge in [-0.25, -0.2) is 9.97 Å². The molecule has 3 heterocycles. The maximum Gasteiger partial charge on any atom is 0.178 e. The molecular weight excluding hydrogens is 200 g/mol. The van der Waals surface area contributed by atoms with Crippen molar-refractivity contribution in [3.8, 4) is 0 Å². The van der Waals surface area contributed by atoms with Gasteiger partial charge < -0.3 is 10.3 Å². The number of hydrogen-bond acceptors (Lipinski definition) is 3. The zero-order chi connectivity index (χ0) is 11.1. The van der Waals surface area contributed by atoms with E-state index in [1.54, 1.807) is 0 Å². The average molecular weight is 216 g/mol. The molecule has 0 radical (unpaired) electrons. The maximum absolute atomic E-state index is 4.58. The molecule has 2 atom stereocenters. The molecule has 1 fully saturated rings. The second kappa shape index (κ2) is 3.56. The lowest BCUT2D eigenvalue weighted by molar-refractivity contribution is 0.484. The van der Waals surface area contributed by atoms with Gasteiger partial charge in [0.05, 0.1) is 11.6 Å². The number of aromatic nitrogens is 3. The van der Waals surface area contributed by atoms with Crippen LogP contribution in [0.15, 0.2) is 12.1 Å². The summed E-state index contributed by atoms with van der Waals surface area (Å²) in [7, 11) is 0. The van der Waals surface area contributed by atoms with Crippen LogP contribution in [0.1, 0.15) is 30.9 Å². The summed E-state index contributed by atoms with van der Waals surface area (Å²) in [6.07, 6.45) is 1.22. The van der Waals surface area contributed by atoms with E-state index in [2.05, 4.69) is 27.2 Å². The molecule has 1 saturated heterocycles. The fraction of sp³-hybridized carbons (Fsp3) is 0.500. The molecule has 2 aromatic heterocycles. The Kier molecular flexibility index (Phi) is 2.17. The Balaban J connectivity index is 2.04. The first-order chi connectivity index (χ1) is 7.74. The number of nitrogens with zero attached hydrogens (tertiary/aromatic N) is 2. The van der Waals surface area contributed by atoms with E-state index in [0.29, 0.717) is 12.0 Å². The molecule has 0 saturated carbocycles. The molecule has 16 heavy (non-hydrogen) atoms. The van der Waals surface area contributed by atoms with Crippen molar-refractivity contribution in [1.82, 2.24) is 20.3 Å². The van der Waals surface area contributed by atoms with Gasteiger partial charge in [-0.15, -0.1) is 0 Å². The summed E-state index contributed by atoms with van der Waals surface area (Å²) in [5.41, 5.74) is 2.87. The van der Waals surface area contributed by atoms with Crippen LogP contribution in [0.4, 0.5) is 0 Å². The second-order valence-corrected chi connectivity index (χ2v) is 4.64. The lowest BCUT2D eigenvalue weighted by Crippen LogP contribution is -2.17. The van der Waals surface area contributed by atoms with Crippen molar-refractivity contribution < 1.29 is 0 Å². The zero-order valence-electron chi connectivity index (χ0n) is 9.62. The monoisotopic (exact) mass is 216 g/mol. The second-order valence-electron chi connectivity index (χ2n) is 4.64. The maximum atomic E-state index is 4.58. The molecule has 2 N–H and O–H groups in total. The number of aryl methyl sites for hydroxylation is 1. The van der Waals surface area contributed by atoms with Gasteiger partial charge in [-0.1, -0.05) is 6.92 Å². The summed E-state index contributed by atoms with van der Waals surface area (Å²) in [5.74, 6) is 1.67. The number of fused-ring (bicyclic) bond motifs is 1. The van der Waals surface area contributed by atoms with Crippen molar-refractivity contribution in [2.45, 2.75) is 26.3 Å². The van der Waals surface area contributed by atoms with E-state index >= 15 is 0 Å². The smallest absolute Gasteiger partial charge is 0.178 e. The van der Waals surface area contributed by atoms with Gasteiger partial charge in [-0.05, 0) is 37.9 Å². The third-order valence-electron chi connectivity index (χ3n) is 3.33. The largest absolute Gasteiger partial charge is 0.339 e. The topological polar surface area (TPSA) is 53.6 Å². The van der Waals surface area contributed by atoms with Gasteiger partial charge in [0.2, 0.25) is 0 Å². The van der Waals surface area contributed by atoms with E-state index in [0.717, 1.165) is 29.2 Å². The van der Waals surface area contributed by atoms with Crippen LogP contribution in [-0.2, 0) is 0 Å². The SMILES string of the molecule is Cc1ccc2[nH]c(C3NCCC3C)nc2n1. The van der Waals surface area contributed by atoms with Crippen molar-refractivity contribution in [3.63, 3.8) is 0 Å². The van der Waals surface area contributed by atoms with Crippen LogP contribution >= 0.6 is 0 Å². The van der Waals surface area contributed by atoms with E-state index < -0.39 is 0 Å². The Labute approximate surface area is 94.5 Å². The number of pyridine rings is 1. The first-order valence-corrected chi connectivity index (χ1v) is 5.80. The molecule has 0 aliphatic carbocycles. The van der Waals surface area contributed by atoms with Gasteiger partial charge in [-0.3, -0.25) is 0 Å². The van der Waals surface area contributed by atoms with Crippen LogP contribution in [0.25, 0.3) is 11.2 Å². The number of rotatable bonds is 1. The summed E-state index contributed by atoms with van der Waals surface area (Å²) >= 11 is 0. The van der Waals surface area contributed by atoms with Gasteiger partial charge in [0.15, 0.2) is 5.65 Å². The normalized spacial score (nSPS) is 25.4. The standard InChI is InChI=1S/C12H16N4/c1-7-5-6-13-10(7)12-15-9-4-3-8(2)14-11(9)16-12/h3-4,7,10,13H,5-6H2,1-2H3,(H,14,15,16). The quantitative estimate of drug-likeness (QED) is 0.766. The van der Waals surface area contributed by atoms with Crippen molar-refractivity contribution in [2.24, 2.45) is 5.92 Å². The number of nitrogens with one attached hydrogen (secondary N) is 2. The summed E-state index contributed by atoms with van der Waals surface area (Å²) < 4.78 is 0. The third kappa shape index (κ3) is 1.50. The minimum Gasteiger partial charge on any atom is -0.339 e. The lowest BCUT2D eigenvalue weighted by atomic mass is 10.0. The highest BCUT2D eigenvalue weighted by molar-refractivity contribution is 5.70. The summed E-state index contributed by atoms with van der Waals surface area (Å²) in [4.78, 5) is 12.4. The Morgan fingerprint density at radius 3 is 2.94 bits per heavy atom. The van der Waals surface area contributed by atoms with Crippen LogP contribution in [0, 0.1) is 12.8 Å². The molecule has 1 aliphatic heterocycles. The zero-order valence-corrected chi connectivity index (χ0v) is 9.62. The molecule has 4 heteroatoms. The highest BCUT2D eigenvalue weighted by Crippen LogP contribution is 2.28. The number of aromatic amines is 1. The molecule has 0 spiro atoms. The van der Waals surface area contributed by atoms with E-state index in [4.69, 9.17) is 0 Å². The first-order valence-electron chi connectivity index (χ1n) is 5.80. The molecule has 3 rings (SSSR count).